The van der Waals surface area contributed by atoms with Crippen LogP contribution in [-0.4, -0.2) is 29.6 Å². The third kappa shape index (κ3) is 5.14. The summed E-state index contributed by atoms with van der Waals surface area (Å²) in [5.74, 6) is -0.212. The van der Waals surface area contributed by atoms with E-state index in [1.807, 2.05) is 13.8 Å². The first-order chi connectivity index (χ1) is 11.8. The van der Waals surface area contributed by atoms with Crippen molar-refractivity contribution in [2.45, 2.75) is 42.6 Å². The predicted octanol–water partition coefficient (Wildman–Crippen LogP) is 3.37. The van der Waals surface area contributed by atoms with Crippen LogP contribution in [0, 0.1) is 6.92 Å². The Kier molecular flexibility index (Phi) is 6.37. The molecule has 136 valence electrons. The number of aliphatic hydroxyl groups excluding tert-OH is 1. The van der Waals surface area contributed by atoms with Crippen molar-refractivity contribution >= 4 is 19.8 Å². The average molecular weight is 382 g/mol. The molecule has 0 aliphatic carbocycles. The Hall–Kier alpha value is -1.70. The molecule has 7 heteroatoms. The molecule has 1 unspecified atom stereocenters. The minimum Gasteiger partial charge on any atom is -0.392 e. The van der Waals surface area contributed by atoms with Gasteiger partial charge in [0, 0.05) is 4.90 Å². The average Bonchev–Trinajstić information content (AvgIpc) is 2.55. The number of aliphatic hydroxyl groups is 1. The van der Waals surface area contributed by atoms with Gasteiger partial charge < -0.3 is 5.11 Å². The molecule has 0 heterocycles. The van der Waals surface area contributed by atoms with Crippen molar-refractivity contribution in [3.05, 3.63) is 60.2 Å². The fourth-order valence-electron chi connectivity index (χ4n) is 2.39. The monoisotopic (exact) mass is 381 g/mol. The van der Waals surface area contributed by atoms with Gasteiger partial charge in [-0.25, -0.2) is 4.21 Å². The second-order valence-electron chi connectivity index (χ2n) is 5.93. The zero-order valence-corrected chi connectivity index (χ0v) is 16.0. The number of benzene rings is 2. The molecule has 0 saturated carbocycles. The maximum atomic E-state index is 13.4. The molecule has 2 aromatic rings. The highest BCUT2D eigenvalue weighted by molar-refractivity contribution is 8.03. The highest BCUT2D eigenvalue weighted by Crippen LogP contribution is 2.22. The molecule has 0 saturated heterocycles. The largest absolute Gasteiger partial charge is 0.392 e. The van der Waals surface area contributed by atoms with E-state index in [4.69, 9.17) is 0 Å². The van der Waals surface area contributed by atoms with Crippen LogP contribution < -0.4 is 0 Å². The smallest absolute Gasteiger partial charge is 0.290 e. The van der Waals surface area contributed by atoms with Crippen molar-refractivity contribution < 1.29 is 17.7 Å². The van der Waals surface area contributed by atoms with Crippen molar-refractivity contribution in [2.24, 2.45) is 3.77 Å². The number of hydrogen-bond acceptors (Lipinski definition) is 4. The van der Waals surface area contributed by atoms with Gasteiger partial charge in [-0.2, -0.15) is 8.42 Å². The summed E-state index contributed by atoms with van der Waals surface area (Å²) >= 11 is 0. The molecule has 0 aromatic heterocycles. The molecule has 0 amide bonds. The van der Waals surface area contributed by atoms with Gasteiger partial charge in [-0.05, 0) is 37.6 Å². The van der Waals surface area contributed by atoms with Crippen molar-refractivity contribution in [1.82, 2.24) is 0 Å². The zero-order chi connectivity index (χ0) is 18.5. The van der Waals surface area contributed by atoms with Crippen LogP contribution in [0.4, 0.5) is 0 Å². The number of rotatable bonds is 7. The van der Waals surface area contributed by atoms with E-state index in [1.54, 1.807) is 42.5 Å². The lowest BCUT2D eigenvalue weighted by Gasteiger charge is -2.15. The van der Waals surface area contributed by atoms with Crippen molar-refractivity contribution in [3.8, 4) is 0 Å². The second-order valence-corrected chi connectivity index (χ2v) is 10.0. The quantitative estimate of drug-likeness (QED) is 0.797. The van der Waals surface area contributed by atoms with Gasteiger partial charge in [-0.1, -0.05) is 49.2 Å². The molecular weight excluding hydrogens is 358 g/mol. The zero-order valence-electron chi connectivity index (χ0n) is 14.3. The molecule has 0 fully saturated rings. The Morgan fingerprint density at radius 3 is 2.12 bits per heavy atom. The lowest BCUT2D eigenvalue weighted by molar-refractivity contribution is 0.187. The Labute approximate surface area is 150 Å². The fraction of sp³-hybridized carbons (Fsp3) is 0.333. The minimum atomic E-state index is -4.10. The summed E-state index contributed by atoms with van der Waals surface area (Å²) in [4.78, 5) is 0.299. The molecule has 0 spiro atoms. The summed E-state index contributed by atoms with van der Waals surface area (Å²) < 4.78 is 42.5. The summed E-state index contributed by atoms with van der Waals surface area (Å²) in [6.45, 7) is 3.75. The van der Waals surface area contributed by atoms with E-state index in [-0.39, 0.29) is 10.6 Å². The maximum Gasteiger partial charge on any atom is 0.290 e. The second kappa shape index (κ2) is 8.12. The SMILES string of the molecule is CCC[C@H](O)CS(=O)(=NS(=O)(=O)c1ccc(C)cc1)c1ccccc1. The van der Waals surface area contributed by atoms with E-state index in [9.17, 15) is 17.7 Å². The molecule has 0 aliphatic heterocycles. The lowest BCUT2D eigenvalue weighted by atomic mass is 10.2. The molecule has 0 aliphatic rings. The molecule has 1 N–H and O–H groups in total. The minimum absolute atomic E-state index is 0.00765. The van der Waals surface area contributed by atoms with Gasteiger partial charge in [0.2, 0.25) is 0 Å². The van der Waals surface area contributed by atoms with Crippen molar-refractivity contribution in [1.29, 1.82) is 0 Å². The first-order valence-corrected chi connectivity index (χ1v) is 11.2. The molecular formula is C18H23NO4S2. The van der Waals surface area contributed by atoms with Gasteiger partial charge in [-0.3, -0.25) is 0 Å². The maximum absolute atomic E-state index is 13.4. The van der Waals surface area contributed by atoms with Crippen LogP contribution in [0.25, 0.3) is 0 Å². The summed E-state index contributed by atoms with van der Waals surface area (Å²) in [6.07, 6.45) is 0.259. The number of nitrogens with zero attached hydrogens (tertiary/aromatic N) is 1. The summed E-state index contributed by atoms with van der Waals surface area (Å²) in [5.41, 5.74) is 0.918. The summed E-state index contributed by atoms with van der Waals surface area (Å²) in [6, 6.07) is 14.5. The van der Waals surface area contributed by atoms with Crippen LogP contribution in [0.3, 0.4) is 0 Å². The van der Waals surface area contributed by atoms with Crippen LogP contribution >= 0.6 is 0 Å². The topological polar surface area (TPSA) is 83.8 Å². The third-order valence-corrected chi connectivity index (χ3v) is 8.15. The van der Waals surface area contributed by atoms with Crippen molar-refractivity contribution in [2.75, 3.05) is 5.75 Å². The van der Waals surface area contributed by atoms with Gasteiger partial charge in [0.15, 0.2) is 0 Å². The lowest BCUT2D eigenvalue weighted by Crippen LogP contribution is -2.22. The number of sulfonamides is 1. The van der Waals surface area contributed by atoms with Gasteiger partial charge in [0.05, 0.1) is 26.5 Å². The first kappa shape index (κ1) is 19.6. The van der Waals surface area contributed by atoms with Gasteiger partial charge >= 0.3 is 0 Å². The van der Waals surface area contributed by atoms with Gasteiger partial charge in [0.25, 0.3) is 10.0 Å². The number of aryl methyl sites for hydroxylation is 1. The van der Waals surface area contributed by atoms with Gasteiger partial charge in [-0.15, -0.1) is 3.77 Å². The number of hydrogen-bond donors (Lipinski definition) is 1. The third-order valence-electron chi connectivity index (χ3n) is 3.69. The molecule has 2 atom stereocenters. The highest BCUT2D eigenvalue weighted by Gasteiger charge is 2.23. The van der Waals surface area contributed by atoms with E-state index in [2.05, 4.69) is 3.77 Å². The van der Waals surface area contributed by atoms with Crippen LogP contribution in [0.2, 0.25) is 0 Å². The van der Waals surface area contributed by atoms with Gasteiger partial charge in [0.1, 0.15) is 0 Å². The first-order valence-electron chi connectivity index (χ1n) is 8.08. The molecule has 25 heavy (non-hydrogen) atoms. The highest BCUT2D eigenvalue weighted by atomic mass is 32.3. The molecule has 0 bridgehead atoms. The molecule has 2 aromatic carbocycles. The molecule has 0 radical (unpaired) electrons. The molecule has 2 rings (SSSR count). The van der Waals surface area contributed by atoms with Crippen LogP contribution in [-0.2, 0) is 19.8 Å². The Morgan fingerprint density at radius 1 is 0.960 bits per heavy atom. The van der Waals surface area contributed by atoms with E-state index in [0.29, 0.717) is 17.7 Å². The normalized spacial score (nSPS) is 15.3. The Morgan fingerprint density at radius 2 is 1.56 bits per heavy atom. The van der Waals surface area contributed by atoms with Crippen LogP contribution in [0.1, 0.15) is 25.3 Å². The standard InChI is InChI=1S/C18H23NO4S2/c1-3-7-16(20)14-24(21,17-8-5-4-6-9-17)19-25(22,23)18-12-10-15(2)11-13-18/h4-6,8-13,16,20H,3,7,14H2,1-2H3/t16-,24?/m0/s1. The Bertz CT molecular complexity index is 913. The predicted molar refractivity (Wildman–Crippen MR) is 99.4 cm³/mol. The van der Waals surface area contributed by atoms with Crippen molar-refractivity contribution in [3.63, 3.8) is 0 Å². The molecule has 5 nitrogen and oxygen atoms in total. The summed E-state index contributed by atoms with van der Waals surface area (Å²) in [5, 5.41) is 10.1. The van der Waals surface area contributed by atoms with E-state index < -0.39 is 25.9 Å². The van der Waals surface area contributed by atoms with Crippen LogP contribution in [0.5, 0.6) is 0 Å². The summed E-state index contributed by atoms with van der Waals surface area (Å²) in [7, 11) is -7.42. The van der Waals surface area contributed by atoms with E-state index in [1.165, 1.54) is 12.1 Å². The van der Waals surface area contributed by atoms with E-state index in [0.717, 1.165) is 5.56 Å². The Balaban J connectivity index is 2.56. The van der Waals surface area contributed by atoms with Crippen LogP contribution in [0.15, 0.2) is 68.2 Å². The van der Waals surface area contributed by atoms with E-state index >= 15 is 0 Å². The fourth-order valence-corrected chi connectivity index (χ4v) is 6.54.